The van der Waals surface area contributed by atoms with Gasteiger partial charge in [-0.1, -0.05) is 54.3 Å². The highest BCUT2D eigenvalue weighted by Crippen LogP contribution is 2.47. The predicted octanol–water partition coefficient (Wildman–Crippen LogP) is 6.47. The molecule has 0 amide bonds. The minimum Gasteiger partial charge on any atom is -0.510 e. The molecule has 0 aromatic heterocycles. The Morgan fingerprint density at radius 1 is 1.00 bits per heavy atom. The monoisotopic (exact) mass is 408 g/mol. The molecule has 1 atom stereocenters. The largest absolute Gasteiger partial charge is 0.510 e. The average molecular weight is 408 g/mol. The van der Waals surface area contributed by atoms with Gasteiger partial charge in [0.15, 0.2) is 11.6 Å². The quantitative estimate of drug-likeness (QED) is 0.351. The van der Waals surface area contributed by atoms with Crippen LogP contribution in [0.3, 0.4) is 0 Å². The summed E-state index contributed by atoms with van der Waals surface area (Å²) >= 11 is 0. The highest BCUT2D eigenvalue weighted by molar-refractivity contribution is 6.33. The summed E-state index contributed by atoms with van der Waals surface area (Å²) in [6.45, 7) is 15.5. The Hall–Kier alpha value is -2.10. The molecule has 0 aliphatic heterocycles. The summed E-state index contributed by atoms with van der Waals surface area (Å²) in [7, 11) is 6.38. The molecule has 0 aromatic carbocycles. The number of Topliss-reactive ketones (excluding diaryl/α,β-unsaturated/α-hetero) is 2. The maximum atomic E-state index is 13.8. The van der Waals surface area contributed by atoms with Crippen molar-refractivity contribution in [2.75, 3.05) is 0 Å². The summed E-state index contributed by atoms with van der Waals surface area (Å²) in [4.78, 5) is 27.0. The number of aliphatic hydroxyl groups is 1. The first kappa shape index (κ1) is 25.9. The normalized spacial score (nSPS) is 16.9. The minimum atomic E-state index is -1.21. The molecule has 0 heterocycles. The molecule has 0 spiro atoms. The van der Waals surface area contributed by atoms with Gasteiger partial charge in [0.05, 0.1) is 5.41 Å². The number of hydrogen-bond acceptors (Lipinski definition) is 3. The minimum absolute atomic E-state index is 0.130. The van der Waals surface area contributed by atoms with Crippen molar-refractivity contribution >= 4 is 19.4 Å². The Morgan fingerprint density at radius 2 is 1.47 bits per heavy atom. The predicted molar refractivity (Wildman–Crippen MR) is 126 cm³/mol. The number of hydrogen-bond donors (Lipinski definition) is 1. The second-order valence-electron chi connectivity index (χ2n) is 9.16. The molecule has 0 saturated heterocycles. The summed E-state index contributed by atoms with van der Waals surface area (Å²) in [5.41, 5.74) is 2.64. The van der Waals surface area contributed by atoms with E-state index >= 15 is 0 Å². The fraction of sp³-hybridized carbons (Fsp3) is 0.538. The van der Waals surface area contributed by atoms with Gasteiger partial charge in [0, 0.05) is 11.5 Å². The molecule has 0 fully saturated rings. The van der Waals surface area contributed by atoms with Crippen molar-refractivity contribution < 1.29 is 14.7 Å². The highest BCUT2D eigenvalue weighted by atomic mass is 16.3. The Morgan fingerprint density at radius 3 is 1.87 bits per heavy atom. The Kier molecular flexibility index (Phi) is 9.33. The van der Waals surface area contributed by atoms with E-state index in [1.807, 2.05) is 73.6 Å². The number of rotatable bonds is 9. The van der Waals surface area contributed by atoms with Crippen LogP contribution in [0, 0.1) is 11.3 Å². The van der Waals surface area contributed by atoms with Gasteiger partial charge in [0.25, 0.3) is 0 Å². The molecule has 30 heavy (non-hydrogen) atoms. The highest BCUT2D eigenvalue weighted by Gasteiger charge is 2.48. The Labute approximate surface area is 184 Å². The van der Waals surface area contributed by atoms with E-state index in [0.29, 0.717) is 31.3 Å². The van der Waals surface area contributed by atoms with Gasteiger partial charge in [0.1, 0.15) is 13.6 Å². The van der Waals surface area contributed by atoms with Crippen LogP contribution in [0.4, 0.5) is 0 Å². The third-order valence-corrected chi connectivity index (χ3v) is 5.73. The molecule has 1 N–H and O–H groups in total. The first-order valence-corrected chi connectivity index (χ1v) is 10.8. The molecule has 162 valence electrons. The van der Waals surface area contributed by atoms with Crippen LogP contribution < -0.4 is 0 Å². The van der Waals surface area contributed by atoms with Crippen molar-refractivity contribution in [3.05, 3.63) is 57.3 Å². The van der Waals surface area contributed by atoms with E-state index in [1.54, 1.807) is 0 Å². The zero-order valence-electron chi connectivity index (χ0n) is 20.0. The number of carbonyl (C=O) groups excluding carboxylic acids is 2. The molecule has 4 heteroatoms. The molecular weight excluding hydrogens is 371 g/mol. The number of aliphatic hydroxyl groups excluding tert-OH is 1. The molecule has 1 unspecified atom stereocenters. The van der Waals surface area contributed by atoms with Crippen molar-refractivity contribution in [1.29, 1.82) is 0 Å². The van der Waals surface area contributed by atoms with Gasteiger partial charge in [-0.2, -0.15) is 0 Å². The van der Waals surface area contributed by atoms with Crippen LogP contribution in [0.25, 0.3) is 0 Å². The van der Waals surface area contributed by atoms with Crippen molar-refractivity contribution in [2.24, 2.45) is 11.3 Å². The van der Waals surface area contributed by atoms with Crippen molar-refractivity contribution in [3.8, 4) is 0 Å². The molecule has 1 rings (SSSR count). The fourth-order valence-electron chi connectivity index (χ4n) is 3.45. The summed E-state index contributed by atoms with van der Waals surface area (Å²) in [6, 6.07) is 0. The standard InChI is InChI=1S/C26H37BO3/c1-9-19(8)23(28)21-22(27)20(11-10-16(2)3)24(29)26(25(21)30,14-12-17(4)5)15-13-18(6)7/h10,12-13,19,30H,9,11,14-15H2,1-8H3. The van der Waals surface area contributed by atoms with Crippen LogP contribution in [-0.4, -0.2) is 24.5 Å². The second-order valence-corrected chi connectivity index (χ2v) is 9.16. The van der Waals surface area contributed by atoms with Crippen LogP contribution in [0.1, 0.15) is 81.1 Å². The Balaban J connectivity index is 3.88. The summed E-state index contributed by atoms with van der Waals surface area (Å²) in [5.74, 6) is -0.853. The smallest absolute Gasteiger partial charge is 0.172 e. The third-order valence-electron chi connectivity index (χ3n) is 5.73. The molecule has 1 aliphatic rings. The van der Waals surface area contributed by atoms with Crippen LogP contribution in [-0.2, 0) is 9.59 Å². The van der Waals surface area contributed by atoms with E-state index in [9.17, 15) is 14.7 Å². The van der Waals surface area contributed by atoms with E-state index in [4.69, 9.17) is 7.85 Å². The number of allylic oxidation sites excluding steroid dienone is 10. The van der Waals surface area contributed by atoms with Gasteiger partial charge in [0.2, 0.25) is 0 Å². The van der Waals surface area contributed by atoms with Crippen molar-refractivity contribution in [2.45, 2.75) is 81.1 Å². The van der Waals surface area contributed by atoms with Gasteiger partial charge >= 0.3 is 0 Å². The van der Waals surface area contributed by atoms with E-state index in [1.165, 1.54) is 0 Å². The van der Waals surface area contributed by atoms with E-state index < -0.39 is 5.41 Å². The van der Waals surface area contributed by atoms with Crippen molar-refractivity contribution in [3.63, 3.8) is 0 Å². The lowest BCUT2D eigenvalue weighted by atomic mass is 9.61. The zero-order chi connectivity index (χ0) is 23.2. The Bertz CT molecular complexity index is 818. The maximum absolute atomic E-state index is 13.8. The van der Waals surface area contributed by atoms with Crippen LogP contribution in [0.2, 0.25) is 0 Å². The molecular formula is C26H37BO3. The molecule has 0 aromatic rings. The maximum Gasteiger partial charge on any atom is 0.172 e. The van der Waals surface area contributed by atoms with E-state index in [0.717, 1.165) is 16.7 Å². The summed E-state index contributed by atoms with van der Waals surface area (Å²) < 4.78 is 0. The fourth-order valence-corrected chi connectivity index (χ4v) is 3.45. The van der Waals surface area contributed by atoms with Gasteiger partial charge in [-0.15, -0.1) is 0 Å². The zero-order valence-corrected chi connectivity index (χ0v) is 20.0. The lowest BCUT2D eigenvalue weighted by Crippen LogP contribution is -2.40. The molecule has 0 saturated carbocycles. The number of ketones is 2. The van der Waals surface area contributed by atoms with Crippen molar-refractivity contribution in [1.82, 2.24) is 0 Å². The first-order valence-electron chi connectivity index (χ1n) is 10.8. The van der Waals surface area contributed by atoms with Crippen LogP contribution in [0.5, 0.6) is 0 Å². The third kappa shape index (κ3) is 5.74. The van der Waals surface area contributed by atoms with Gasteiger partial charge in [-0.3, -0.25) is 9.59 Å². The molecule has 2 radical (unpaired) electrons. The number of carbonyl (C=O) groups is 2. The van der Waals surface area contributed by atoms with Gasteiger partial charge in [-0.05, 0) is 72.8 Å². The first-order chi connectivity index (χ1) is 13.9. The van der Waals surface area contributed by atoms with Crippen LogP contribution >= 0.6 is 0 Å². The summed E-state index contributed by atoms with van der Waals surface area (Å²) in [6.07, 6.45) is 7.49. The molecule has 0 bridgehead atoms. The van der Waals surface area contributed by atoms with Crippen LogP contribution in [0.15, 0.2) is 57.3 Å². The lowest BCUT2D eigenvalue weighted by molar-refractivity contribution is -0.125. The average Bonchev–Trinajstić information content (AvgIpc) is 2.66. The van der Waals surface area contributed by atoms with Gasteiger partial charge < -0.3 is 5.11 Å². The van der Waals surface area contributed by atoms with E-state index in [-0.39, 0.29) is 34.3 Å². The second kappa shape index (κ2) is 10.8. The summed E-state index contributed by atoms with van der Waals surface area (Å²) in [5, 5.41) is 11.4. The van der Waals surface area contributed by atoms with E-state index in [2.05, 4.69) is 0 Å². The molecule has 1 aliphatic carbocycles. The SMILES string of the molecule is [B]C1=C(CC=C(C)C)C(=O)C(CC=C(C)C)(CC=C(C)C)C(O)=C1C(=O)C(C)CC. The lowest BCUT2D eigenvalue weighted by Gasteiger charge is -2.37. The topological polar surface area (TPSA) is 54.4 Å². The molecule has 3 nitrogen and oxygen atoms in total. The van der Waals surface area contributed by atoms with Gasteiger partial charge in [-0.25, -0.2) is 0 Å².